The van der Waals surface area contributed by atoms with Gasteiger partial charge < -0.3 is 15.2 Å². The lowest BCUT2D eigenvalue weighted by molar-refractivity contribution is 0.351. The number of piperidine rings is 1. The van der Waals surface area contributed by atoms with Crippen LogP contribution in [0.4, 0.5) is 0 Å². The minimum atomic E-state index is 0.226. The molecule has 1 unspecified atom stereocenters. The second-order valence-corrected chi connectivity index (χ2v) is 5.66. The minimum Gasteiger partial charge on any atom is -0.504 e. The minimum absolute atomic E-state index is 0.226. The maximum atomic E-state index is 10.4. The zero-order valence-corrected chi connectivity index (χ0v) is 12.7. The van der Waals surface area contributed by atoms with E-state index in [1.165, 1.54) is 12.8 Å². The van der Waals surface area contributed by atoms with Gasteiger partial charge in [-0.05, 0) is 38.8 Å². The molecule has 1 aliphatic heterocycles. The van der Waals surface area contributed by atoms with Crippen molar-refractivity contribution in [3.05, 3.63) is 21.2 Å². The summed E-state index contributed by atoms with van der Waals surface area (Å²) in [6.45, 7) is 5.01. The highest BCUT2D eigenvalue weighted by molar-refractivity contribution is 9.10. The van der Waals surface area contributed by atoms with Gasteiger partial charge in [0.25, 0.3) is 0 Å². The van der Waals surface area contributed by atoms with Gasteiger partial charge >= 0.3 is 0 Å². The fourth-order valence-electron chi connectivity index (χ4n) is 2.75. The molecule has 4 heteroatoms. The molecule has 1 saturated heterocycles. The summed E-state index contributed by atoms with van der Waals surface area (Å²) in [6.07, 6.45) is 3.47. The van der Waals surface area contributed by atoms with Crippen LogP contribution in [0.3, 0.4) is 0 Å². The number of phenols is 1. The van der Waals surface area contributed by atoms with Crippen LogP contribution >= 0.6 is 15.9 Å². The van der Waals surface area contributed by atoms with E-state index in [1.807, 2.05) is 13.8 Å². The lowest BCUT2D eigenvalue weighted by atomic mass is 9.91. The van der Waals surface area contributed by atoms with Gasteiger partial charge in [-0.1, -0.05) is 22.4 Å². The Bertz CT molecular complexity index is 454. The summed E-state index contributed by atoms with van der Waals surface area (Å²) in [4.78, 5) is 0. The molecule has 0 aliphatic carbocycles. The first-order valence-corrected chi connectivity index (χ1v) is 7.16. The zero-order chi connectivity index (χ0) is 13.3. The Balaban J connectivity index is 2.54. The highest BCUT2D eigenvalue weighted by Crippen LogP contribution is 2.45. The zero-order valence-electron chi connectivity index (χ0n) is 11.1. The highest BCUT2D eigenvalue weighted by atomic mass is 79.9. The second-order valence-electron chi connectivity index (χ2n) is 4.86. The third-order valence-corrected chi connectivity index (χ3v) is 4.93. The molecule has 2 N–H and O–H groups in total. The third kappa shape index (κ3) is 2.24. The van der Waals surface area contributed by atoms with Crippen LogP contribution in [0.1, 0.15) is 42.0 Å². The molecule has 3 nitrogen and oxygen atoms in total. The summed E-state index contributed by atoms with van der Waals surface area (Å²) < 4.78 is 6.36. The molecule has 0 radical (unpaired) electrons. The van der Waals surface area contributed by atoms with Crippen molar-refractivity contribution in [3.8, 4) is 11.5 Å². The molecule has 1 aliphatic rings. The van der Waals surface area contributed by atoms with Gasteiger partial charge in [0.05, 0.1) is 7.11 Å². The van der Waals surface area contributed by atoms with E-state index in [0.29, 0.717) is 5.75 Å². The number of rotatable bonds is 2. The SMILES string of the molecule is COc1c(C)c(Br)c(C)c(C2CCCCN2)c1O. The Morgan fingerprint density at radius 1 is 1.28 bits per heavy atom. The van der Waals surface area contributed by atoms with Crippen molar-refractivity contribution in [3.63, 3.8) is 0 Å². The second kappa shape index (κ2) is 5.49. The number of benzene rings is 1. The first-order valence-electron chi connectivity index (χ1n) is 6.36. The largest absolute Gasteiger partial charge is 0.504 e. The average Bonchev–Trinajstić information content (AvgIpc) is 2.38. The van der Waals surface area contributed by atoms with Crippen molar-refractivity contribution in [2.75, 3.05) is 13.7 Å². The van der Waals surface area contributed by atoms with Crippen LogP contribution in [0.5, 0.6) is 11.5 Å². The summed E-state index contributed by atoms with van der Waals surface area (Å²) >= 11 is 3.60. The molecule has 1 aromatic rings. The molecule has 0 spiro atoms. The quantitative estimate of drug-likeness (QED) is 0.876. The molecule has 0 amide bonds. The smallest absolute Gasteiger partial charge is 0.164 e. The molecule has 1 fully saturated rings. The lowest BCUT2D eigenvalue weighted by Crippen LogP contribution is -2.27. The average molecular weight is 314 g/mol. The number of nitrogens with one attached hydrogen (secondary N) is 1. The lowest BCUT2D eigenvalue weighted by Gasteiger charge is -2.28. The van der Waals surface area contributed by atoms with E-state index in [9.17, 15) is 5.11 Å². The predicted octanol–water partition coefficient (Wildman–Crippen LogP) is 3.59. The number of phenolic OH excluding ortho intramolecular Hbond substituents is 1. The predicted molar refractivity (Wildman–Crippen MR) is 76.4 cm³/mol. The van der Waals surface area contributed by atoms with Crippen molar-refractivity contribution in [2.24, 2.45) is 0 Å². The third-order valence-electron chi connectivity index (χ3n) is 3.74. The Morgan fingerprint density at radius 3 is 2.56 bits per heavy atom. The van der Waals surface area contributed by atoms with Crippen LogP contribution in [0.2, 0.25) is 0 Å². The Hall–Kier alpha value is -0.740. The molecule has 1 atom stereocenters. The molecule has 1 heterocycles. The van der Waals surface area contributed by atoms with E-state index in [1.54, 1.807) is 7.11 Å². The fraction of sp³-hybridized carbons (Fsp3) is 0.571. The Morgan fingerprint density at radius 2 is 2.00 bits per heavy atom. The first-order chi connectivity index (χ1) is 8.57. The summed E-state index contributed by atoms with van der Waals surface area (Å²) in [7, 11) is 1.60. The van der Waals surface area contributed by atoms with Gasteiger partial charge in [0.2, 0.25) is 0 Å². The van der Waals surface area contributed by atoms with Crippen LogP contribution in [-0.4, -0.2) is 18.8 Å². The van der Waals surface area contributed by atoms with Crippen LogP contribution in [0.15, 0.2) is 4.47 Å². The van der Waals surface area contributed by atoms with Crippen LogP contribution in [0, 0.1) is 13.8 Å². The maximum absolute atomic E-state index is 10.4. The Labute approximate surface area is 117 Å². The normalized spacial score (nSPS) is 19.9. The van der Waals surface area contributed by atoms with Gasteiger partial charge in [0.1, 0.15) is 0 Å². The van der Waals surface area contributed by atoms with Crippen molar-refractivity contribution in [1.29, 1.82) is 0 Å². The van der Waals surface area contributed by atoms with Crippen molar-refractivity contribution in [1.82, 2.24) is 5.32 Å². The van der Waals surface area contributed by atoms with Crippen LogP contribution in [0.25, 0.3) is 0 Å². The van der Waals surface area contributed by atoms with Crippen LogP contribution in [-0.2, 0) is 0 Å². The monoisotopic (exact) mass is 313 g/mol. The molecule has 100 valence electrons. The highest BCUT2D eigenvalue weighted by Gasteiger charge is 2.25. The van der Waals surface area contributed by atoms with Crippen molar-refractivity contribution >= 4 is 15.9 Å². The van der Waals surface area contributed by atoms with E-state index in [-0.39, 0.29) is 11.8 Å². The number of halogens is 1. The van der Waals surface area contributed by atoms with Gasteiger partial charge in [-0.25, -0.2) is 0 Å². The molecule has 18 heavy (non-hydrogen) atoms. The molecule has 0 bridgehead atoms. The topological polar surface area (TPSA) is 41.5 Å². The number of hydrogen-bond donors (Lipinski definition) is 2. The van der Waals surface area contributed by atoms with E-state index in [4.69, 9.17) is 4.74 Å². The molecule has 1 aromatic carbocycles. The van der Waals surface area contributed by atoms with E-state index in [0.717, 1.165) is 34.1 Å². The number of ether oxygens (including phenoxy) is 1. The maximum Gasteiger partial charge on any atom is 0.164 e. The summed E-state index contributed by atoms with van der Waals surface area (Å²) in [5, 5.41) is 13.9. The molecule has 0 saturated carbocycles. The Kier molecular flexibility index (Phi) is 4.17. The summed E-state index contributed by atoms with van der Waals surface area (Å²) in [5.74, 6) is 0.866. The number of methoxy groups -OCH3 is 1. The fourth-order valence-corrected chi connectivity index (χ4v) is 3.14. The standard InChI is InChI=1S/C14H20BrNO2/c1-8-11(10-6-4-5-7-16-10)13(17)14(18-3)9(2)12(8)15/h10,16-17H,4-7H2,1-3H3. The number of aromatic hydroxyl groups is 1. The molecular formula is C14H20BrNO2. The van der Waals surface area contributed by atoms with E-state index >= 15 is 0 Å². The molecule has 0 aromatic heterocycles. The van der Waals surface area contributed by atoms with Gasteiger partial charge in [0, 0.05) is 21.6 Å². The molecule has 2 rings (SSSR count). The summed E-state index contributed by atoms with van der Waals surface area (Å²) in [5.41, 5.74) is 3.03. The van der Waals surface area contributed by atoms with Crippen molar-refractivity contribution in [2.45, 2.75) is 39.2 Å². The van der Waals surface area contributed by atoms with Gasteiger partial charge in [0.15, 0.2) is 11.5 Å². The van der Waals surface area contributed by atoms with E-state index < -0.39 is 0 Å². The van der Waals surface area contributed by atoms with Crippen molar-refractivity contribution < 1.29 is 9.84 Å². The molecular weight excluding hydrogens is 294 g/mol. The van der Waals surface area contributed by atoms with Gasteiger partial charge in [-0.3, -0.25) is 0 Å². The van der Waals surface area contributed by atoms with E-state index in [2.05, 4.69) is 21.2 Å². The number of hydrogen-bond acceptors (Lipinski definition) is 3. The van der Waals surface area contributed by atoms with Gasteiger partial charge in [-0.15, -0.1) is 0 Å². The first kappa shape index (κ1) is 13.7. The van der Waals surface area contributed by atoms with Gasteiger partial charge in [-0.2, -0.15) is 0 Å². The van der Waals surface area contributed by atoms with Crippen LogP contribution < -0.4 is 10.1 Å². The summed E-state index contributed by atoms with van der Waals surface area (Å²) in [6, 6.07) is 0.226.